The molecule has 2 heterocycles. The van der Waals surface area contributed by atoms with Crippen molar-refractivity contribution in [3.8, 4) is 0 Å². The average molecular weight is 460 g/mol. The van der Waals surface area contributed by atoms with Crippen LogP contribution in [0.4, 0.5) is 0 Å². The number of carbonyl (C=O) groups is 4. The van der Waals surface area contributed by atoms with E-state index in [0.29, 0.717) is 11.1 Å². The molecule has 2 aromatic rings. The highest BCUT2D eigenvalue weighted by molar-refractivity contribution is 6.21. The topological polar surface area (TPSA) is 105 Å². The summed E-state index contributed by atoms with van der Waals surface area (Å²) in [5.41, 5.74) is -3.13. The van der Waals surface area contributed by atoms with Gasteiger partial charge >= 0.3 is 11.9 Å². The number of fused-ring (bicyclic) bond motifs is 1. The number of hydrogen-bond acceptors (Lipinski definition) is 8. The number of ether oxygens (including phenoxy) is 4. The van der Waals surface area contributed by atoms with E-state index in [9.17, 15) is 19.2 Å². The number of carbonyl (C=O) groups excluding carboxylic acids is 4. The second-order valence-corrected chi connectivity index (χ2v) is 8.15. The number of hydrogen-bond donors (Lipinski definition) is 0. The van der Waals surface area contributed by atoms with Gasteiger partial charge in [-0.3, -0.25) is 19.2 Å². The van der Waals surface area contributed by atoms with Crippen LogP contribution in [0.2, 0.25) is 0 Å². The molecule has 2 spiro atoms. The van der Waals surface area contributed by atoms with E-state index in [1.807, 2.05) is 0 Å². The van der Waals surface area contributed by atoms with E-state index in [1.165, 1.54) is 12.2 Å². The molecular weight excluding hydrogens is 440 g/mol. The monoisotopic (exact) mass is 460 g/mol. The van der Waals surface area contributed by atoms with Gasteiger partial charge in [0.1, 0.15) is 23.4 Å². The van der Waals surface area contributed by atoms with E-state index in [-0.39, 0.29) is 11.5 Å². The third-order valence-corrected chi connectivity index (χ3v) is 6.59. The van der Waals surface area contributed by atoms with Crippen LogP contribution in [-0.2, 0) is 38.1 Å². The maximum atomic E-state index is 13.6. The van der Waals surface area contributed by atoms with Gasteiger partial charge in [0.25, 0.3) is 0 Å². The average Bonchev–Trinajstić information content (AvgIpc) is 3.42. The lowest BCUT2D eigenvalue weighted by Crippen LogP contribution is -2.84. The molecule has 0 saturated heterocycles. The summed E-state index contributed by atoms with van der Waals surface area (Å²) in [7, 11) is 2.26. The molecule has 0 unspecified atom stereocenters. The Morgan fingerprint density at radius 1 is 0.676 bits per heavy atom. The fourth-order valence-electron chi connectivity index (χ4n) is 5.09. The SMILES string of the molecule is COC(=O)[C@H]1[C@H](C(=O)OC)[C@]2(OC(c3ccccc3)=CC2=O)[C@]12OC(c1ccccc1)=CC2=O. The Morgan fingerprint density at radius 3 is 1.35 bits per heavy atom. The van der Waals surface area contributed by atoms with Gasteiger partial charge in [-0.2, -0.15) is 0 Å². The summed E-state index contributed by atoms with van der Waals surface area (Å²) >= 11 is 0. The Kier molecular flexibility index (Phi) is 4.89. The van der Waals surface area contributed by atoms with E-state index in [0.717, 1.165) is 14.2 Å². The van der Waals surface area contributed by atoms with Gasteiger partial charge in [0.2, 0.25) is 22.8 Å². The standard InChI is InChI=1S/C26H20O8/c1-31-23(29)21-22(24(30)32-2)26(20(28)14-18(34-26)16-11-7-4-8-12-16)25(21)19(27)13-17(33-25)15-9-5-3-6-10-15/h3-14,21-22H,1-2H3/t21-,22-,25-,26+/m1/s1. The van der Waals surface area contributed by atoms with E-state index < -0.39 is 46.5 Å². The zero-order valence-corrected chi connectivity index (χ0v) is 18.3. The molecule has 34 heavy (non-hydrogen) atoms. The number of benzene rings is 2. The van der Waals surface area contributed by atoms with Gasteiger partial charge in [-0.25, -0.2) is 0 Å². The molecule has 1 aliphatic carbocycles. The smallest absolute Gasteiger partial charge is 0.314 e. The Morgan fingerprint density at radius 2 is 1.03 bits per heavy atom. The van der Waals surface area contributed by atoms with Crippen molar-refractivity contribution in [2.24, 2.45) is 11.8 Å². The zero-order chi connectivity index (χ0) is 24.1. The van der Waals surface area contributed by atoms with Crippen LogP contribution in [-0.4, -0.2) is 48.9 Å². The van der Waals surface area contributed by atoms with Gasteiger partial charge in [-0.05, 0) is 0 Å². The third kappa shape index (κ3) is 2.65. The Balaban J connectivity index is 1.66. The van der Waals surface area contributed by atoms with Crippen LogP contribution in [0.3, 0.4) is 0 Å². The summed E-state index contributed by atoms with van der Waals surface area (Å²) in [6.07, 6.45) is 2.44. The molecule has 1 fully saturated rings. The number of ketones is 2. The van der Waals surface area contributed by atoms with Gasteiger partial charge in [0.05, 0.1) is 14.2 Å². The lowest BCUT2D eigenvalue weighted by Gasteiger charge is -2.58. The van der Waals surface area contributed by atoms with Crippen molar-refractivity contribution in [1.29, 1.82) is 0 Å². The first kappa shape index (κ1) is 21.6. The van der Waals surface area contributed by atoms with E-state index in [2.05, 4.69) is 0 Å². The predicted molar refractivity (Wildman–Crippen MR) is 117 cm³/mol. The molecule has 0 amide bonds. The van der Waals surface area contributed by atoms with Crippen LogP contribution in [0, 0.1) is 11.8 Å². The largest absolute Gasteiger partial charge is 0.473 e. The molecule has 0 aromatic heterocycles. The molecule has 172 valence electrons. The minimum Gasteiger partial charge on any atom is -0.473 e. The van der Waals surface area contributed by atoms with Crippen molar-refractivity contribution in [2.75, 3.05) is 14.2 Å². The summed E-state index contributed by atoms with van der Waals surface area (Å²) < 4.78 is 22.2. The molecule has 2 aromatic carbocycles. The molecule has 1 saturated carbocycles. The minimum absolute atomic E-state index is 0.159. The van der Waals surface area contributed by atoms with Crippen LogP contribution >= 0.6 is 0 Å². The number of rotatable bonds is 4. The highest BCUT2D eigenvalue weighted by Crippen LogP contribution is 2.64. The van der Waals surface area contributed by atoms with Gasteiger partial charge in [0, 0.05) is 23.3 Å². The molecule has 0 bridgehead atoms. The molecule has 8 heteroatoms. The van der Waals surface area contributed by atoms with Crippen molar-refractivity contribution in [2.45, 2.75) is 11.2 Å². The number of methoxy groups -OCH3 is 2. The fraction of sp³-hybridized carbons (Fsp3) is 0.231. The number of esters is 2. The zero-order valence-electron chi connectivity index (χ0n) is 18.3. The van der Waals surface area contributed by atoms with Crippen LogP contribution < -0.4 is 0 Å². The van der Waals surface area contributed by atoms with Gasteiger partial charge in [-0.15, -0.1) is 0 Å². The molecule has 5 rings (SSSR count). The maximum absolute atomic E-state index is 13.6. The normalized spacial score (nSPS) is 29.1. The quantitative estimate of drug-likeness (QED) is 0.641. The van der Waals surface area contributed by atoms with Crippen molar-refractivity contribution in [3.05, 3.63) is 83.9 Å². The summed E-state index contributed by atoms with van der Waals surface area (Å²) in [5.74, 6) is -5.71. The first-order valence-corrected chi connectivity index (χ1v) is 10.6. The van der Waals surface area contributed by atoms with Gasteiger partial charge in [0.15, 0.2) is 0 Å². The molecule has 2 aliphatic heterocycles. The lowest BCUT2D eigenvalue weighted by molar-refractivity contribution is -0.260. The Hall–Kier alpha value is -4.20. The Labute approximate surface area is 194 Å². The second-order valence-electron chi connectivity index (χ2n) is 8.15. The van der Waals surface area contributed by atoms with Crippen molar-refractivity contribution in [1.82, 2.24) is 0 Å². The highest BCUT2D eigenvalue weighted by Gasteiger charge is 2.89. The van der Waals surface area contributed by atoms with Crippen LogP contribution in [0.5, 0.6) is 0 Å². The van der Waals surface area contributed by atoms with E-state index >= 15 is 0 Å². The van der Waals surface area contributed by atoms with Crippen LogP contribution in [0.1, 0.15) is 11.1 Å². The predicted octanol–water partition coefficient (Wildman–Crippen LogP) is 2.34. The van der Waals surface area contributed by atoms with E-state index in [1.54, 1.807) is 60.7 Å². The highest BCUT2D eigenvalue weighted by atomic mass is 16.6. The first-order chi connectivity index (χ1) is 16.4. The van der Waals surface area contributed by atoms with Crippen molar-refractivity contribution >= 4 is 35.0 Å². The fourth-order valence-corrected chi connectivity index (χ4v) is 5.09. The Bertz CT molecular complexity index is 1160. The van der Waals surface area contributed by atoms with E-state index in [4.69, 9.17) is 18.9 Å². The molecule has 0 radical (unpaired) electrons. The lowest BCUT2D eigenvalue weighted by atomic mass is 9.47. The first-order valence-electron chi connectivity index (χ1n) is 10.6. The maximum Gasteiger partial charge on any atom is 0.314 e. The van der Waals surface area contributed by atoms with Crippen molar-refractivity contribution < 1.29 is 38.1 Å². The second kappa shape index (κ2) is 7.69. The molecule has 3 aliphatic rings. The summed E-state index contributed by atoms with van der Waals surface area (Å²) in [4.78, 5) is 53.0. The van der Waals surface area contributed by atoms with Crippen molar-refractivity contribution in [3.63, 3.8) is 0 Å². The molecule has 0 N–H and O–H groups in total. The minimum atomic E-state index is -2.13. The summed E-state index contributed by atoms with van der Waals surface area (Å²) in [6.45, 7) is 0. The third-order valence-electron chi connectivity index (χ3n) is 6.59. The van der Waals surface area contributed by atoms with Gasteiger partial charge < -0.3 is 18.9 Å². The summed E-state index contributed by atoms with van der Waals surface area (Å²) in [5, 5.41) is 0. The molecular formula is C26H20O8. The summed E-state index contributed by atoms with van der Waals surface area (Å²) in [6, 6.07) is 17.5. The molecule has 8 nitrogen and oxygen atoms in total. The van der Waals surface area contributed by atoms with Crippen LogP contribution in [0.15, 0.2) is 72.8 Å². The molecule has 4 atom stereocenters. The van der Waals surface area contributed by atoms with Gasteiger partial charge in [-0.1, -0.05) is 60.7 Å². The van der Waals surface area contributed by atoms with Crippen LogP contribution in [0.25, 0.3) is 11.5 Å².